The number of anilines is 2. The summed E-state index contributed by atoms with van der Waals surface area (Å²) in [6.45, 7) is 2.01. The molecule has 1 fully saturated rings. The third-order valence-electron chi connectivity index (χ3n) is 5.87. The fourth-order valence-corrected chi connectivity index (χ4v) is 6.26. The largest absolute Gasteiger partial charge is 0.480 e. The number of carboxylic acids is 1. The van der Waals surface area contributed by atoms with Crippen molar-refractivity contribution in [2.45, 2.75) is 4.90 Å². The molecule has 5 rings (SSSR count). The van der Waals surface area contributed by atoms with Crippen LogP contribution in [0.1, 0.15) is 0 Å². The smallest absolute Gasteiger partial charge is 0.324 e. The van der Waals surface area contributed by atoms with Gasteiger partial charge in [0.1, 0.15) is 12.4 Å². The second-order valence-corrected chi connectivity index (χ2v) is 11.0. The molecule has 1 aliphatic rings. The van der Waals surface area contributed by atoms with Crippen LogP contribution >= 0.6 is 23.2 Å². The van der Waals surface area contributed by atoms with E-state index >= 15 is 0 Å². The average molecular weight is 562 g/mol. The van der Waals surface area contributed by atoms with E-state index in [1.54, 1.807) is 42.9 Å². The molecule has 1 aliphatic heterocycles. The first-order valence-electron chi connectivity index (χ1n) is 11.2. The molecule has 2 aromatic carbocycles. The van der Waals surface area contributed by atoms with Crippen molar-refractivity contribution in [2.75, 3.05) is 42.1 Å². The lowest BCUT2D eigenvalue weighted by Crippen LogP contribution is -2.36. The SMILES string of the molecule is O=C(O)CN(c1ccc2c(ccn2-c2cnc(N3CCOCC3)cn2)c1)S(=O)(=O)c1cc(Cl)cc(Cl)c1. The van der Waals surface area contributed by atoms with Crippen LogP contribution in [0.15, 0.2) is 66.0 Å². The maximum absolute atomic E-state index is 13.4. The Kier molecular flexibility index (Phi) is 6.95. The van der Waals surface area contributed by atoms with Crippen molar-refractivity contribution in [3.63, 3.8) is 0 Å². The molecule has 10 nitrogen and oxygen atoms in total. The summed E-state index contributed by atoms with van der Waals surface area (Å²) in [5.41, 5.74) is 0.924. The highest BCUT2D eigenvalue weighted by molar-refractivity contribution is 7.92. The average Bonchev–Trinajstić information content (AvgIpc) is 3.30. The molecule has 2 aromatic heterocycles. The van der Waals surface area contributed by atoms with E-state index in [1.807, 2.05) is 4.57 Å². The number of rotatable bonds is 7. The number of fused-ring (bicyclic) bond motifs is 1. The van der Waals surface area contributed by atoms with Gasteiger partial charge in [-0.1, -0.05) is 23.2 Å². The van der Waals surface area contributed by atoms with Gasteiger partial charge in [0.2, 0.25) is 0 Å². The number of carboxylic acid groups (broad SMARTS) is 1. The summed E-state index contributed by atoms with van der Waals surface area (Å²) in [6.07, 6.45) is 5.17. The summed E-state index contributed by atoms with van der Waals surface area (Å²) in [7, 11) is -4.28. The summed E-state index contributed by atoms with van der Waals surface area (Å²) >= 11 is 12.0. The molecule has 1 N–H and O–H groups in total. The lowest BCUT2D eigenvalue weighted by Gasteiger charge is -2.27. The van der Waals surface area contributed by atoms with Crippen LogP contribution in [0, 0.1) is 0 Å². The predicted octanol–water partition coefficient (Wildman–Crippen LogP) is 3.84. The van der Waals surface area contributed by atoms with Crippen LogP contribution in [0.3, 0.4) is 0 Å². The Hall–Kier alpha value is -3.38. The topological polar surface area (TPSA) is 118 Å². The van der Waals surface area contributed by atoms with Crippen LogP contribution < -0.4 is 9.21 Å². The first-order chi connectivity index (χ1) is 17.7. The third-order valence-corrected chi connectivity index (χ3v) is 8.06. The van der Waals surface area contributed by atoms with Crippen LogP contribution in [-0.4, -0.2) is 66.9 Å². The van der Waals surface area contributed by atoms with E-state index in [0.29, 0.717) is 24.4 Å². The predicted molar refractivity (Wildman–Crippen MR) is 141 cm³/mol. The Balaban J connectivity index is 1.49. The molecule has 0 bridgehead atoms. The van der Waals surface area contributed by atoms with E-state index in [0.717, 1.165) is 28.7 Å². The molecule has 0 aliphatic carbocycles. The van der Waals surface area contributed by atoms with Crippen molar-refractivity contribution in [1.82, 2.24) is 14.5 Å². The number of carbonyl (C=O) groups is 1. The van der Waals surface area contributed by atoms with Crippen LogP contribution in [0.2, 0.25) is 10.0 Å². The fraction of sp³-hybridized carbons (Fsp3) is 0.208. The third kappa shape index (κ3) is 5.21. The van der Waals surface area contributed by atoms with Crippen LogP contribution in [0.25, 0.3) is 16.7 Å². The second kappa shape index (κ2) is 10.2. The highest BCUT2D eigenvalue weighted by atomic mass is 35.5. The van der Waals surface area contributed by atoms with Gasteiger partial charge < -0.3 is 14.7 Å². The van der Waals surface area contributed by atoms with E-state index in [9.17, 15) is 18.3 Å². The maximum Gasteiger partial charge on any atom is 0.324 e. The number of hydrogen-bond acceptors (Lipinski definition) is 7. The number of hydrogen-bond donors (Lipinski definition) is 1. The molecular formula is C24H21Cl2N5O5S. The van der Waals surface area contributed by atoms with Crippen LogP contribution in [0.5, 0.6) is 0 Å². The molecule has 0 saturated carbocycles. The van der Waals surface area contributed by atoms with Gasteiger partial charge >= 0.3 is 5.97 Å². The fourth-order valence-electron chi connectivity index (χ4n) is 4.12. The molecule has 0 unspecified atom stereocenters. The summed E-state index contributed by atoms with van der Waals surface area (Å²) in [5.74, 6) is 0.0368. The Bertz CT molecular complexity index is 1550. The highest BCUT2D eigenvalue weighted by Gasteiger charge is 2.28. The number of aromatic nitrogens is 3. The van der Waals surface area contributed by atoms with E-state index < -0.39 is 22.5 Å². The van der Waals surface area contributed by atoms with Crippen molar-refractivity contribution in [2.24, 2.45) is 0 Å². The molecule has 0 amide bonds. The molecule has 3 heterocycles. The first-order valence-corrected chi connectivity index (χ1v) is 13.4. The van der Waals surface area contributed by atoms with Gasteiger partial charge in [-0.2, -0.15) is 0 Å². The number of sulfonamides is 1. The Labute approximate surface area is 222 Å². The van der Waals surface area contributed by atoms with Crippen molar-refractivity contribution in [1.29, 1.82) is 0 Å². The number of nitrogens with zero attached hydrogens (tertiary/aromatic N) is 5. The van der Waals surface area contributed by atoms with Gasteiger partial charge in [-0.25, -0.2) is 18.4 Å². The number of morpholine rings is 1. The van der Waals surface area contributed by atoms with E-state index in [2.05, 4.69) is 14.9 Å². The molecular weight excluding hydrogens is 541 g/mol. The van der Waals surface area contributed by atoms with Crippen LogP contribution in [0.4, 0.5) is 11.5 Å². The van der Waals surface area contributed by atoms with E-state index in [4.69, 9.17) is 27.9 Å². The van der Waals surface area contributed by atoms with Gasteiger partial charge in [0.25, 0.3) is 10.0 Å². The summed E-state index contributed by atoms with van der Waals surface area (Å²) < 4.78 is 34.8. The number of ether oxygens (including phenoxy) is 1. The van der Waals surface area contributed by atoms with Crippen molar-refractivity contribution in [3.05, 3.63) is 71.1 Å². The molecule has 13 heteroatoms. The lowest BCUT2D eigenvalue weighted by molar-refractivity contribution is -0.135. The van der Waals surface area contributed by atoms with Crippen molar-refractivity contribution >= 4 is 61.6 Å². The summed E-state index contributed by atoms with van der Waals surface area (Å²) in [4.78, 5) is 22.6. The second-order valence-electron chi connectivity index (χ2n) is 8.27. The lowest BCUT2D eigenvalue weighted by atomic mass is 10.2. The minimum Gasteiger partial charge on any atom is -0.480 e. The Morgan fingerprint density at radius 1 is 1.00 bits per heavy atom. The van der Waals surface area contributed by atoms with Gasteiger partial charge in [0.05, 0.1) is 41.7 Å². The number of benzene rings is 2. The molecule has 1 saturated heterocycles. The summed E-state index contributed by atoms with van der Waals surface area (Å²) in [5, 5.41) is 10.4. The first kappa shape index (κ1) is 25.3. The monoisotopic (exact) mass is 561 g/mol. The zero-order valence-corrected chi connectivity index (χ0v) is 21.6. The van der Waals surface area contributed by atoms with Gasteiger partial charge in [0.15, 0.2) is 5.82 Å². The minimum atomic E-state index is -4.28. The molecule has 0 radical (unpaired) electrons. The Morgan fingerprint density at radius 2 is 1.68 bits per heavy atom. The van der Waals surface area contributed by atoms with E-state index in [-0.39, 0.29) is 20.6 Å². The molecule has 0 spiro atoms. The molecule has 4 aromatic rings. The van der Waals surface area contributed by atoms with Crippen molar-refractivity contribution in [3.8, 4) is 5.82 Å². The molecule has 192 valence electrons. The molecule has 37 heavy (non-hydrogen) atoms. The number of aliphatic carboxylic acids is 1. The van der Waals surface area contributed by atoms with Crippen LogP contribution in [-0.2, 0) is 19.6 Å². The van der Waals surface area contributed by atoms with Gasteiger partial charge in [-0.05, 0) is 42.5 Å². The normalized spacial score (nSPS) is 14.2. The van der Waals surface area contributed by atoms with Gasteiger partial charge in [0, 0.05) is 34.7 Å². The van der Waals surface area contributed by atoms with Gasteiger partial charge in [-0.3, -0.25) is 13.7 Å². The Morgan fingerprint density at radius 3 is 2.32 bits per heavy atom. The maximum atomic E-state index is 13.4. The highest BCUT2D eigenvalue weighted by Crippen LogP contribution is 2.31. The van der Waals surface area contributed by atoms with Gasteiger partial charge in [-0.15, -0.1) is 0 Å². The number of halogens is 2. The van der Waals surface area contributed by atoms with Crippen molar-refractivity contribution < 1.29 is 23.1 Å². The van der Waals surface area contributed by atoms with E-state index in [1.165, 1.54) is 18.2 Å². The standard InChI is InChI=1S/C24H21Cl2N5O5S/c25-17-10-18(26)12-20(11-17)37(34,35)31(15-24(32)33)19-1-2-21-16(9-19)3-4-30(21)23-14-27-22(13-28-23)29-5-7-36-8-6-29/h1-4,9-14H,5-8,15H2,(H,32,33). The zero-order valence-electron chi connectivity index (χ0n) is 19.3. The summed E-state index contributed by atoms with van der Waals surface area (Å²) in [6, 6.07) is 10.5. The molecule has 0 atom stereocenters. The minimum absolute atomic E-state index is 0.120. The zero-order chi connectivity index (χ0) is 26.2. The quantitative estimate of drug-likeness (QED) is 0.361.